The van der Waals surface area contributed by atoms with Gasteiger partial charge in [0.2, 0.25) is 0 Å². The summed E-state index contributed by atoms with van der Waals surface area (Å²) >= 11 is 1.55. The maximum atomic E-state index is 12.0. The Balaban J connectivity index is 1.91. The lowest BCUT2D eigenvalue weighted by atomic mass is 10.1. The van der Waals surface area contributed by atoms with Gasteiger partial charge in [-0.3, -0.25) is 19.7 Å². The standard InChI is InChI=1S/C17H18N2O5S/c1-11-3-5-14(19(22)23)17(12(11)2)18-15(20)9-24-16(21)6-4-13-7-8-25-10-13/h3,5,7-8,10H,4,6,9H2,1-2H3,(H,18,20). The minimum absolute atomic E-state index is 0.129. The van der Waals surface area contributed by atoms with Crippen molar-refractivity contribution in [2.24, 2.45) is 0 Å². The van der Waals surface area contributed by atoms with Crippen molar-refractivity contribution >= 4 is 34.6 Å². The Morgan fingerprint density at radius 1 is 1.28 bits per heavy atom. The fraction of sp³-hybridized carbons (Fsp3) is 0.294. The molecule has 0 radical (unpaired) electrons. The second-order valence-corrected chi connectivity index (χ2v) is 6.28. The third-order valence-corrected chi connectivity index (χ3v) is 4.47. The van der Waals surface area contributed by atoms with E-state index in [1.54, 1.807) is 31.3 Å². The number of hydrogen-bond acceptors (Lipinski definition) is 6. The fourth-order valence-corrected chi connectivity index (χ4v) is 2.89. The SMILES string of the molecule is Cc1ccc([N+](=O)[O-])c(NC(=O)COC(=O)CCc2ccsc2)c1C. The Morgan fingerprint density at radius 3 is 2.68 bits per heavy atom. The van der Waals surface area contributed by atoms with E-state index in [1.165, 1.54) is 6.07 Å². The van der Waals surface area contributed by atoms with Crippen LogP contribution in [0.4, 0.5) is 11.4 Å². The molecule has 0 bridgehead atoms. The number of nitrogens with one attached hydrogen (secondary N) is 1. The highest BCUT2D eigenvalue weighted by Gasteiger charge is 2.20. The van der Waals surface area contributed by atoms with Crippen molar-refractivity contribution in [3.8, 4) is 0 Å². The summed E-state index contributed by atoms with van der Waals surface area (Å²) in [7, 11) is 0. The molecule has 0 unspecified atom stereocenters. The molecule has 1 amide bonds. The van der Waals surface area contributed by atoms with Gasteiger partial charge in [0.25, 0.3) is 11.6 Å². The number of nitrogens with zero attached hydrogens (tertiary/aromatic N) is 1. The Kier molecular flexibility index (Phi) is 6.24. The molecule has 0 spiro atoms. The molecule has 0 saturated heterocycles. The molecule has 1 aromatic carbocycles. The predicted molar refractivity (Wildman–Crippen MR) is 94.8 cm³/mol. The molecule has 25 heavy (non-hydrogen) atoms. The maximum Gasteiger partial charge on any atom is 0.306 e. The number of carbonyl (C=O) groups is 2. The number of rotatable bonds is 7. The molecule has 8 heteroatoms. The van der Waals surface area contributed by atoms with E-state index in [0.29, 0.717) is 12.0 Å². The normalized spacial score (nSPS) is 10.3. The fourth-order valence-electron chi connectivity index (χ4n) is 2.19. The van der Waals surface area contributed by atoms with E-state index in [0.717, 1.165) is 11.1 Å². The Morgan fingerprint density at radius 2 is 2.04 bits per heavy atom. The van der Waals surface area contributed by atoms with Crippen molar-refractivity contribution in [3.63, 3.8) is 0 Å². The van der Waals surface area contributed by atoms with Crippen LogP contribution in [-0.2, 0) is 20.7 Å². The van der Waals surface area contributed by atoms with Crippen LogP contribution >= 0.6 is 11.3 Å². The smallest absolute Gasteiger partial charge is 0.306 e. The van der Waals surface area contributed by atoms with Gasteiger partial charge in [0.15, 0.2) is 6.61 Å². The predicted octanol–water partition coefficient (Wildman–Crippen LogP) is 3.39. The van der Waals surface area contributed by atoms with Crippen molar-refractivity contribution in [2.45, 2.75) is 26.7 Å². The van der Waals surface area contributed by atoms with Gasteiger partial charge in [0.1, 0.15) is 5.69 Å². The van der Waals surface area contributed by atoms with E-state index in [4.69, 9.17) is 4.74 Å². The molecule has 0 fully saturated rings. The third kappa shape index (κ3) is 5.12. The highest BCUT2D eigenvalue weighted by atomic mass is 32.1. The minimum Gasteiger partial charge on any atom is -0.456 e. The molecule has 7 nitrogen and oxygen atoms in total. The second kappa shape index (κ2) is 8.39. The summed E-state index contributed by atoms with van der Waals surface area (Å²) in [6.45, 7) is 3.00. The minimum atomic E-state index is -0.610. The van der Waals surface area contributed by atoms with Crippen molar-refractivity contribution in [1.82, 2.24) is 0 Å². The number of thiophene rings is 1. The monoisotopic (exact) mass is 362 g/mol. The number of hydrogen-bond donors (Lipinski definition) is 1. The molecule has 1 N–H and O–H groups in total. The second-order valence-electron chi connectivity index (χ2n) is 5.50. The van der Waals surface area contributed by atoms with Gasteiger partial charge in [-0.25, -0.2) is 0 Å². The molecule has 0 aliphatic rings. The number of amides is 1. The van der Waals surface area contributed by atoms with Gasteiger partial charge in [-0.05, 0) is 53.8 Å². The molecule has 132 valence electrons. The topological polar surface area (TPSA) is 98.5 Å². The molecule has 1 aromatic heterocycles. The van der Waals surface area contributed by atoms with Crippen LogP contribution in [0, 0.1) is 24.0 Å². The number of ether oxygens (including phenoxy) is 1. The summed E-state index contributed by atoms with van der Waals surface area (Å²) in [6.07, 6.45) is 0.722. The molecule has 2 aromatic rings. The lowest BCUT2D eigenvalue weighted by Gasteiger charge is -2.11. The number of esters is 1. The summed E-state index contributed by atoms with van der Waals surface area (Å²) in [5.74, 6) is -1.10. The van der Waals surface area contributed by atoms with Crippen LogP contribution in [0.2, 0.25) is 0 Å². The Bertz CT molecular complexity index is 787. The summed E-state index contributed by atoms with van der Waals surface area (Å²) in [6, 6.07) is 4.88. The van der Waals surface area contributed by atoms with Gasteiger partial charge < -0.3 is 10.1 Å². The highest BCUT2D eigenvalue weighted by molar-refractivity contribution is 7.07. The maximum absolute atomic E-state index is 12.0. The molecule has 0 atom stereocenters. The van der Waals surface area contributed by atoms with Gasteiger partial charge in [-0.1, -0.05) is 6.07 Å². The van der Waals surface area contributed by atoms with Crippen molar-refractivity contribution < 1.29 is 19.2 Å². The van der Waals surface area contributed by atoms with E-state index < -0.39 is 23.4 Å². The molecule has 1 heterocycles. The van der Waals surface area contributed by atoms with Crippen LogP contribution in [0.1, 0.15) is 23.1 Å². The van der Waals surface area contributed by atoms with Gasteiger partial charge in [-0.2, -0.15) is 11.3 Å². The molecular weight excluding hydrogens is 344 g/mol. The summed E-state index contributed by atoms with van der Waals surface area (Å²) < 4.78 is 4.93. The van der Waals surface area contributed by atoms with Gasteiger partial charge >= 0.3 is 5.97 Å². The van der Waals surface area contributed by atoms with Crippen LogP contribution in [0.5, 0.6) is 0 Å². The Hall–Kier alpha value is -2.74. The molecule has 2 rings (SSSR count). The van der Waals surface area contributed by atoms with Gasteiger partial charge in [0, 0.05) is 12.5 Å². The van der Waals surface area contributed by atoms with Crippen LogP contribution in [0.3, 0.4) is 0 Å². The van der Waals surface area contributed by atoms with E-state index in [2.05, 4.69) is 5.32 Å². The zero-order valence-electron chi connectivity index (χ0n) is 13.9. The lowest BCUT2D eigenvalue weighted by Crippen LogP contribution is -2.22. The molecule has 0 aliphatic carbocycles. The van der Waals surface area contributed by atoms with E-state index in [1.807, 2.05) is 16.8 Å². The summed E-state index contributed by atoms with van der Waals surface area (Å²) in [4.78, 5) is 34.2. The molecular formula is C17H18N2O5S. The van der Waals surface area contributed by atoms with Crippen LogP contribution in [0.15, 0.2) is 29.0 Å². The van der Waals surface area contributed by atoms with Crippen LogP contribution in [0.25, 0.3) is 0 Å². The number of nitro benzene ring substituents is 1. The molecule has 0 aliphatic heterocycles. The Labute approximate surface area is 148 Å². The largest absolute Gasteiger partial charge is 0.456 e. The average molecular weight is 362 g/mol. The number of anilines is 1. The lowest BCUT2D eigenvalue weighted by molar-refractivity contribution is -0.384. The van der Waals surface area contributed by atoms with E-state index in [9.17, 15) is 19.7 Å². The first-order valence-corrected chi connectivity index (χ1v) is 8.54. The zero-order chi connectivity index (χ0) is 18.4. The van der Waals surface area contributed by atoms with Crippen molar-refractivity contribution in [3.05, 3.63) is 55.8 Å². The van der Waals surface area contributed by atoms with Gasteiger partial charge in [0.05, 0.1) is 4.92 Å². The van der Waals surface area contributed by atoms with Crippen molar-refractivity contribution in [1.29, 1.82) is 0 Å². The van der Waals surface area contributed by atoms with Crippen molar-refractivity contribution in [2.75, 3.05) is 11.9 Å². The quantitative estimate of drug-likeness (QED) is 0.462. The van der Waals surface area contributed by atoms with Gasteiger partial charge in [-0.15, -0.1) is 0 Å². The summed E-state index contributed by atoms with van der Waals surface area (Å²) in [5.41, 5.74) is 2.39. The first-order chi connectivity index (χ1) is 11.9. The zero-order valence-corrected chi connectivity index (χ0v) is 14.7. The first-order valence-electron chi connectivity index (χ1n) is 7.59. The van der Waals surface area contributed by atoms with E-state index in [-0.39, 0.29) is 17.8 Å². The number of nitro groups is 1. The summed E-state index contributed by atoms with van der Waals surface area (Å²) in [5, 5.41) is 17.4. The number of benzene rings is 1. The highest BCUT2D eigenvalue weighted by Crippen LogP contribution is 2.30. The van der Waals surface area contributed by atoms with Crippen LogP contribution < -0.4 is 5.32 Å². The number of carbonyl (C=O) groups excluding carboxylic acids is 2. The number of aryl methyl sites for hydroxylation is 2. The third-order valence-electron chi connectivity index (χ3n) is 3.74. The molecule has 0 saturated carbocycles. The average Bonchev–Trinajstić information content (AvgIpc) is 3.08. The van der Waals surface area contributed by atoms with E-state index >= 15 is 0 Å². The first kappa shape index (κ1) is 18.6. The van der Waals surface area contributed by atoms with Crippen LogP contribution in [-0.4, -0.2) is 23.4 Å².